The number of carboxylic acid groups (broad SMARTS) is 1. The van der Waals surface area contributed by atoms with Gasteiger partial charge in [-0.15, -0.1) is 0 Å². The standard InChI is InChI=1S/C8H6O.C5H11NO2/c1-2-4-8-7(3-1)5-6-9-8;1-3(2)4(6)5(7)8/h1-6H;3-4H,6H2,1-2H3,(H,7,8)/t;4-/m.0/s1. The van der Waals surface area contributed by atoms with Gasteiger partial charge in [0.05, 0.1) is 6.26 Å². The second-order valence-electron chi connectivity index (χ2n) is 4.07. The molecule has 1 aromatic heterocycles. The number of aliphatic carboxylic acids is 1. The first-order valence-electron chi connectivity index (χ1n) is 5.43. The Morgan fingerprint density at radius 3 is 2.41 bits per heavy atom. The van der Waals surface area contributed by atoms with Crippen molar-refractivity contribution in [1.29, 1.82) is 0 Å². The number of para-hydroxylation sites is 1. The fourth-order valence-corrected chi connectivity index (χ4v) is 1.19. The first kappa shape index (κ1) is 13.3. The average molecular weight is 235 g/mol. The SMILES string of the molecule is CC(C)[C@H](N)C(=O)O.c1ccc2occc2c1. The van der Waals surface area contributed by atoms with Gasteiger partial charge in [-0.3, -0.25) is 4.79 Å². The van der Waals surface area contributed by atoms with Crippen molar-refractivity contribution in [2.45, 2.75) is 19.9 Å². The molecule has 92 valence electrons. The number of fused-ring (bicyclic) bond motifs is 1. The molecule has 4 nitrogen and oxygen atoms in total. The number of rotatable bonds is 2. The van der Waals surface area contributed by atoms with Gasteiger partial charge in [0.2, 0.25) is 0 Å². The lowest BCUT2D eigenvalue weighted by Crippen LogP contribution is -2.34. The predicted molar refractivity (Wildman–Crippen MR) is 66.7 cm³/mol. The molecule has 0 saturated carbocycles. The van der Waals surface area contributed by atoms with Crippen LogP contribution in [0.2, 0.25) is 0 Å². The zero-order valence-electron chi connectivity index (χ0n) is 9.96. The molecule has 0 aliphatic carbocycles. The van der Waals surface area contributed by atoms with Gasteiger partial charge in [-0.2, -0.15) is 0 Å². The van der Waals surface area contributed by atoms with Crippen LogP contribution in [0.25, 0.3) is 11.0 Å². The largest absolute Gasteiger partial charge is 0.480 e. The van der Waals surface area contributed by atoms with Crippen molar-refractivity contribution in [3.8, 4) is 0 Å². The Hall–Kier alpha value is -1.81. The smallest absolute Gasteiger partial charge is 0.320 e. The molecule has 1 atom stereocenters. The monoisotopic (exact) mass is 235 g/mol. The van der Waals surface area contributed by atoms with E-state index >= 15 is 0 Å². The van der Waals surface area contributed by atoms with Crippen LogP contribution in [0.3, 0.4) is 0 Å². The molecule has 0 radical (unpaired) electrons. The van der Waals surface area contributed by atoms with Gasteiger partial charge in [0.15, 0.2) is 0 Å². The minimum Gasteiger partial charge on any atom is -0.480 e. The summed E-state index contributed by atoms with van der Waals surface area (Å²) in [6, 6.07) is 9.18. The molecule has 0 amide bonds. The number of furan rings is 1. The molecule has 0 aliphatic rings. The first-order valence-corrected chi connectivity index (χ1v) is 5.43. The van der Waals surface area contributed by atoms with Crippen molar-refractivity contribution >= 4 is 16.9 Å². The molecule has 0 saturated heterocycles. The van der Waals surface area contributed by atoms with Crippen LogP contribution in [0.15, 0.2) is 41.0 Å². The quantitative estimate of drug-likeness (QED) is 0.838. The first-order chi connectivity index (χ1) is 8.02. The van der Waals surface area contributed by atoms with E-state index in [1.54, 1.807) is 20.1 Å². The van der Waals surface area contributed by atoms with Gasteiger partial charge < -0.3 is 15.3 Å². The van der Waals surface area contributed by atoms with Gasteiger partial charge in [-0.05, 0) is 18.1 Å². The third-order valence-corrected chi connectivity index (χ3v) is 2.37. The fourth-order valence-electron chi connectivity index (χ4n) is 1.19. The van der Waals surface area contributed by atoms with Crippen molar-refractivity contribution in [1.82, 2.24) is 0 Å². The Morgan fingerprint density at radius 1 is 1.29 bits per heavy atom. The van der Waals surface area contributed by atoms with Crippen LogP contribution in [-0.2, 0) is 4.79 Å². The zero-order chi connectivity index (χ0) is 12.8. The molecule has 1 aromatic carbocycles. The molecule has 2 rings (SSSR count). The number of benzene rings is 1. The van der Waals surface area contributed by atoms with E-state index in [1.165, 1.54) is 0 Å². The van der Waals surface area contributed by atoms with E-state index in [4.69, 9.17) is 15.3 Å². The number of hydrogen-bond donors (Lipinski definition) is 2. The van der Waals surface area contributed by atoms with Crippen molar-refractivity contribution in [3.05, 3.63) is 36.6 Å². The summed E-state index contributed by atoms with van der Waals surface area (Å²) in [6.45, 7) is 3.55. The fraction of sp³-hybridized carbons (Fsp3) is 0.308. The van der Waals surface area contributed by atoms with Crippen LogP contribution in [0.4, 0.5) is 0 Å². The Balaban J connectivity index is 0.000000172. The maximum atomic E-state index is 10.0. The molecular formula is C13H17NO3. The molecule has 17 heavy (non-hydrogen) atoms. The van der Waals surface area contributed by atoms with E-state index in [1.807, 2.05) is 30.3 Å². The molecule has 0 aliphatic heterocycles. The van der Waals surface area contributed by atoms with E-state index in [9.17, 15) is 4.79 Å². The maximum Gasteiger partial charge on any atom is 0.320 e. The zero-order valence-corrected chi connectivity index (χ0v) is 9.96. The Kier molecular flexibility index (Phi) is 4.72. The van der Waals surface area contributed by atoms with Crippen molar-refractivity contribution in [2.24, 2.45) is 11.7 Å². The molecule has 0 unspecified atom stereocenters. The average Bonchev–Trinajstić information content (AvgIpc) is 2.76. The molecule has 3 N–H and O–H groups in total. The van der Waals surface area contributed by atoms with Gasteiger partial charge in [-0.25, -0.2) is 0 Å². The van der Waals surface area contributed by atoms with E-state index in [0.717, 1.165) is 11.0 Å². The Bertz CT molecular complexity index is 446. The maximum absolute atomic E-state index is 10.0. The summed E-state index contributed by atoms with van der Waals surface area (Å²) in [5, 5.41) is 9.39. The second kappa shape index (κ2) is 6.06. The third-order valence-electron chi connectivity index (χ3n) is 2.37. The molecule has 4 heteroatoms. The van der Waals surface area contributed by atoms with E-state index in [0.29, 0.717) is 0 Å². The van der Waals surface area contributed by atoms with Crippen LogP contribution in [0.5, 0.6) is 0 Å². The summed E-state index contributed by atoms with van der Waals surface area (Å²) in [7, 11) is 0. The number of carbonyl (C=O) groups is 1. The third kappa shape index (κ3) is 3.92. The normalized spacial score (nSPS) is 12.0. The Labute approximate surface area is 100 Å². The number of carboxylic acids is 1. The summed E-state index contributed by atoms with van der Waals surface area (Å²) in [5.74, 6) is -0.910. The Morgan fingerprint density at radius 2 is 1.94 bits per heavy atom. The van der Waals surface area contributed by atoms with Gasteiger partial charge in [-0.1, -0.05) is 32.0 Å². The molecule has 0 bridgehead atoms. The van der Waals surface area contributed by atoms with E-state index in [2.05, 4.69) is 0 Å². The minimum atomic E-state index is -0.931. The van der Waals surface area contributed by atoms with Crippen LogP contribution >= 0.6 is 0 Å². The highest BCUT2D eigenvalue weighted by molar-refractivity contribution is 5.76. The molecule has 0 spiro atoms. The molecule has 0 fully saturated rings. The van der Waals surface area contributed by atoms with Crippen LogP contribution in [-0.4, -0.2) is 17.1 Å². The minimum absolute atomic E-state index is 0.0208. The van der Waals surface area contributed by atoms with Gasteiger partial charge in [0.25, 0.3) is 0 Å². The van der Waals surface area contributed by atoms with E-state index < -0.39 is 12.0 Å². The van der Waals surface area contributed by atoms with Gasteiger partial charge in [0, 0.05) is 5.39 Å². The predicted octanol–water partition coefficient (Wildman–Crippen LogP) is 2.49. The number of hydrogen-bond acceptors (Lipinski definition) is 3. The lowest BCUT2D eigenvalue weighted by molar-refractivity contribution is -0.139. The summed E-state index contributed by atoms with van der Waals surface area (Å²) in [6.07, 6.45) is 1.70. The van der Waals surface area contributed by atoms with Crippen molar-refractivity contribution in [3.63, 3.8) is 0 Å². The lowest BCUT2D eigenvalue weighted by Gasteiger charge is -2.07. The highest BCUT2D eigenvalue weighted by atomic mass is 16.4. The summed E-state index contributed by atoms with van der Waals surface area (Å²) >= 11 is 0. The van der Waals surface area contributed by atoms with Crippen LogP contribution in [0, 0.1) is 5.92 Å². The number of nitrogens with two attached hydrogens (primary N) is 1. The molecule has 1 heterocycles. The topological polar surface area (TPSA) is 76.5 Å². The van der Waals surface area contributed by atoms with Crippen LogP contribution < -0.4 is 5.73 Å². The highest BCUT2D eigenvalue weighted by Crippen LogP contribution is 2.12. The highest BCUT2D eigenvalue weighted by Gasteiger charge is 2.14. The summed E-state index contributed by atoms with van der Waals surface area (Å²) in [4.78, 5) is 10.0. The summed E-state index contributed by atoms with van der Waals surface area (Å²) in [5.41, 5.74) is 6.12. The molecular weight excluding hydrogens is 218 g/mol. The lowest BCUT2D eigenvalue weighted by atomic mass is 10.1. The van der Waals surface area contributed by atoms with Gasteiger partial charge >= 0.3 is 5.97 Å². The summed E-state index contributed by atoms with van der Waals surface area (Å²) < 4.78 is 5.12. The second-order valence-corrected chi connectivity index (χ2v) is 4.07. The van der Waals surface area contributed by atoms with Crippen LogP contribution in [0.1, 0.15) is 13.8 Å². The van der Waals surface area contributed by atoms with Crippen molar-refractivity contribution < 1.29 is 14.3 Å². The van der Waals surface area contributed by atoms with E-state index in [-0.39, 0.29) is 5.92 Å². The molecule has 2 aromatic rings. The van der Waals surface area contributed by atoms with Crippen molar-refractivity contribution in [2.75, 3.05) is 0 Å². The van der Waals surface area contributed by atoms with Gasteiger partial charge in [0.1, 0.15) is 11.6 Å².